The summed E-state index contributed by atoms with van der Waals surface area (Å²) in [6, 6.07) is 17.1. The van der Waals surface area contributed by atoms with Crippen molar-refractivity contribution in [1.82, 2.24) is 20.1 Å². The van der Waals surface area contributed by atoms with Crippen molar-refractivity contribution in [3.05, 3.63) is 72.7 Å². The Labute approximate surface area is 190 Å². The van der Waals surface area contributed by atoms with Crippen LogP contribution in [0.5, 0.6) is 0 Å². The van der Waals surface area contributed by atoms with E-state index in [0.717, 1.165) is 5.56 Å². The lowest BCUT2D eigenvalue weighted by Gasteiger charge is -2.36. The van der Waals surface area contributed by atoms with Gasteiger partial charge in [0.25, 0.3) is 0 Å². The lowest BCUT2D eigenvalue weighted by Crippen LogP contribution is -2.45. The van der Waals surface area contributed by atoms with Crippen molar-refractivity contribution in [3.8, 4) is 22.9 Å². The van der Waals surface area contributed by atoms with Crippen LogP contribution < -0.4 is 0 Å². The zero-order valence-electron chi connectivity index (χ0n) is 18.2. The summed E-state index contributed by atoms with van der Waals surface area (Å²) >= 11 is 1.25. The van der Waals surface area contributed by atoms with Crippen LogP contribution in [-0.2, 0) is 11.3 Å². The average molecular weight is 449 g/mol. The van der Waals surface area contributed by atoms with Crippen molar-refractivity contribution in [2.24, 2.45) is 0 Å². The summed E-state index contributed by atoms with van der Waals surface area (Å²) in [5.74, 6) is 1.30. The Morgan fingerprint density at radius 2 is 1.56 bits per heavy atom. The quantitative estimate of drug-likeness (QED) is 0.354. The molecule has 4 rings (SSSR count). The van der Waals surface area contributed by atoms with Gasteiger partial charge in [0.1, 0.15) is 5.69 Å². The minimum absolute atomic E-state index is 0.00427. The van der Waals surface area contributed by atoms with Crippen LogP contribution in [0.4, 0.5) is 0 Å². The lowest BCUT2D eigenvalue weighted by molar-refractivity contribution is -0.133. The van der Waals surface area contributed by atoms with Gasteiger partial charge in [-0.25, -0.2) is 4.98 Å². The topological polar surface area (TPSA) is 85.3 Å². The van der Waals surface area contributed by atoms with E-state index >= 15 is 0 Å². The Morgan fingerprint density at radius 1 is 0.906 bits per heavy atom. The number of benzene rings is 1. The van der Waals surface area contributed by atoms with Crippen LogP contribution >= 0.6 is 11.8 Å². The minimum Gasteiger partial charge on any atom is -0.463 e. The number of carbonyl (C=O) groups is 1. The molecule has 3 aromatic heterocycles. The molecule has 0 atom stereocenters. The van der Waals surface area contributed by atoms with Crippen LogP contribution in [0.2, 0.25) is 0 Å². The molecule has 0 saturated carbocycles. The number of hydrogen-bond acceptors (Lipinski definition) is 7. The van der Waals surface area contributed by atoms with Gasteiger partial charge in [-0.05, 0) is 50.6 Å². The molecule has 0 fully saturated rings. The Hall–Kier alpha value is -3.39. The van der Waals surface area contributed by atoms with E-state index in [1.165, 1.54) is 11.8 Å². The SMILES string of the molecule is CC(C)(C)N(Cc1ccccc1)C(=O)CSc1nnc(-c2ccco2)c(-c2ccco2)n1. The summed E-state index contributed by atoms with van der Waals surface area (Å²) in [6.45, 7) is 6.63. The number of hydrogen-bond donors (Lipinski definition) is 0. The van der Waals surface area contributed by atoms with E-state index in [0.29, 0.717) is 34.6 Å². The highest BCUT2D eigenvalue weighted by Gasteiger charge is 2.27. The lowest BCUT2D eigenvalue weighted by atomic mass is 10.0. The van der Waals surface area contributed by atoms with Gasteiger partial charge in [0.15, 0.2) is 17.2 Å². The maximum absolute atomic E-state index is 13.1. The molecule has 0 unspecified atom stereocenters. The van der Waals surface area contributed by atoms with Gasteiger partial charge >= 0.3 is 0 Å². The monoisotopic (exact) mass is 448 g/mol. The van der Waals surface area contributed by atoms with Crippen molar-refractivity contribution < 1.29 is 13.6 Å². The van der Waals surface area contributed by atoms with Crippen molar-refractivity contribution in [2.75, 3.05) is 5.75 Å². The van der Waals surface area contributed by atoms with Gasteiger partial charge in [-0.2, -0.15) is 0 Å². The van der Waals surface area contributed by atoms with Crippen LogP contribution in [0.15, 0.2) is 81.1 Å². The third kappa shape index (κ3) is 5.08. The van der Waals surface area contributed by atoms with E-state index in [9.17, 15) is 4.79 Å². The molecule has 1 amide bonds. The molecule has 32 heavy (non-hydrogen) atoms. The fraction of sp³-hybridized carbons (Fsp3) is 0.250. The first-order chi connectivity index (χ1) is 15.4. The van der Waals surface area contributed by atoms with Crippen molar-refractivity contribution in [3.63, 3.8) is 0 Å². The fourth-order valence-corrected chi connectivity index (χ4v) is 3.87. The number of aromatic nitrogens is 3. The van der Waals surface area contributed by atoms with E-state index < -0.39 is 0 Å². The summed E-state index contributed by atoms with van der Waals surface area (Å²) in [6.07, 6.45) is 3.14. The summed E-state index contributed by atoms with van der Waals surface area (Å²) in [5, 5.41) is 8.91. The van der Waals surface area contributed by atoms with Gasteiger partial charge in [0, 0.05) is 12.1 Å². The second-order valence-electron chi connectivity index (χ2n) is 8.17. The smallest absolute Gasteiger partial charge is 0.233 e. The van der Waals surface area contributed by atoms with Crippen LogP contribution in [0.1, 0.15) is 26.3 Å². The molecule has 0 radical (unpaired) electrons. The molecule has 164 valence electrons. The van der Waals surface area contributed by atoms with Crippen LogP contribution in [0.25, 0.3) is 22.9 Å². The molecule has 3 heterocycles. The maximum atomic E-state index is 13.1. The second kappa shape index (κ2) is 9.40. The van der Waals surface area contributed by atoms with Crippen molar-refractivity contribution in [1.29, 1.82) is 0 Å². The predicted molar refractivity (Wildman–Crippen MR) is 123 cm³/mol. The van der Waals surface area contributed by atoms with Crippen molar-refractivity contribution >= 4 is 17.7 Å². The number of furan rings is 2. The van der Waals surface area contributed by atoms with Crippen molar-refractivity contribution in [2.45, 2.75) is 38.0 Å². The van der Waals surface area contributed by atoms with E-state index in [2.05, 4.69) is 15.2 Å². The normalized spacial score (nSPS) is 11.5. The van der Waals surface area contributed by atoms with E-state index in [1.54, 1.807) is 36.8 Å². The Balaban J connectivity index is 1.53. The van der Waals surface area contributed by atoms with Gasteiger partial charge < -0.3 is 13.7 Å². The molecular weight excluding hydrogens is 424 g/mol. The zero-order chi connectivity index (χ0) is 22.6. The number of rotatable bonds is 7. The first kappa shape index (κ1) is 21.8. The van der Waals surface area contributed by atoms with E-state index in [-0.39, 0.29) is 17.2 Å². The summed E-state index contributed by atoms with van der Waals surface area (Å²) < 4.78 is 11.0. The van der Waals surface area contributed by atoms with E-state index in [1.807, 2.05) is 56.0 Å². The molecule has 0 bridgehead atoms. The number of thioether (sulfide) groups is 1. The molecular formula is C24H24N4O3S. The molecule has 0 saturated heterocycles. The first-order valence-corrected chi connectivity index (χ1v) is 11.2. The second-order valence-corrected chi connectivity index (χ2v) is 9.11. The summed E-state index contributed by atoms with van der Waals surface area (Å²) in [4.78, 5) is 19.6. The van der Waals surface area contributed by atoms with Crippen LogP contribution in [0.3, 0.4) is 0 Å². The fourth-order valence-electron chi connectivity index (χ4n) is 3.21. The molecule has 0 N–H and O–H groups in total. The first-order valence-electron chi connectivity index (χ1n) is 10.2. The zero-order valence-corrected chi connectivity index (χ0v) is 19.0. The predicted octanol–water partition coefficient (Wildman–Crippen LogP) is 5.31. The Kier molecular flexibility index (Phi) is 6.41. The van der Waals surface area contributed by atoms with Gasteiger partial charge in [0.2, 0.25) is 11.1 Å². The third-order valence-corrected chi connectivity index (χ3v) is 5.62. The molecule has 0 aliphatic rings. The number of nitrogens with zero attached hydrogens (tertiary/aromatic N) is 4. The number of carbonyl (C=O) groups excluding carboxylic acids is 1. The highest BCUT2D eigenvalue weighted by Crippen LogP contribution is 2.30. The largest absolute Gasteiger partial charge is 0.463 e. The highest BCUT2D eigenvalue weighted by molar-refractivity contribution is 7.99. The van der Waals surface area contributed by atoms with Gasteiger partial charge in [-0.1, -0.05) is 42.1 Å². The number of amides is 1. The van der Waals surface area contributed by atoms with Gasteiger partial charge in [-0.15, -0.1) is 10.2 Å². The van der Waals surface area contributed by atoms with Crippen LogP contribution in [-0.4, -0.2) is 37.3 Å². The molecule has 4 aromatic rings. The standard InChI is InChI=1S/C24H24N4O3S/c1-24(2,3)28(15-17-9-5-4-6-10-17)20(29)16-32-23-25-21(18-11-7-13-30-18)22(26-27-23)19-12-8-14-31-19/h4-14H,15-16H2,1-3H3. The van der Waals surface area contributed by atoms with Crippen LogP contribution in [0, 0.1) is 0 Å². The molecule has 1 aromatic carbocycles. The van der Waals surface area contributed by atoms with Gasteiger partial charge in [-0.3, -0.25) is 4.79 Å². The maximum Gasteiger partial charge on any atom is 0.233 e. The Bertz CT molecular complexity index is 1150. The van der Waals surface area contributed by atoms with Gasteiger partial charge in [0.05, 0.1) is 18.3 Å². The average Bonchev–Trinajstić information content (AvgIpc) is 3.50. The highest BCUT2D eigenvalue weighted by atomic mass is 32.2. The molecule has 7 nitrogen and oxygen atoms in total. The third-order valence-electron chi connectivity index (χ3n) is 4.80. The summed E-state index contributed by atoms with van der Waals surface area (Å²) in [5.41, 5.74) is 1.77. The molecule has 0 aliphatic carbocycles. The molecule has 0 spiro atoms. The minimum atomic E-state index is -0.324. The Morgan fingerprint density at radius 3 is 2.16 bits per heavy atom. The molecule has 8 heteroatoms. The van der Waals surface area contributed by atoms with E-state index in [4.69, 9.17) is 8.83 Å². The molecule has 0 aliphatic heterocycles. The summed E-state index contributed by atoms with van der Waals surface area (Å²) in [7, 11) is 0.